The van der Waals surface area contributed by atoms with Gasteiger partial charge in [-0.3, -0.25) is 0 Å². The Labute approximate surface area is 249 Å². The molecule has 43 heavy (non-hydrogen) atoms. The molecule has 0 unspecified atom stereocenters. The maximum atomic E-state index is 6.58. The fourth-order valence-electron chi connectivity index (χ4n) is 6.94. The Morgan fingerprint density at radius 3 is 2.12 bits per heavy atom. The van der Waals surface area contributed by atoms with Gasteiger partial charge in [0.25, 0.3) is 0 Å². The lowest BCUT2D eigenvalue weighted by molar-refractivity contribution is 0.590. The van der Waals surface area contributed by atoms with Crippen LogP contribution in [-0.4, -0.2) is 9.55 Å². The highest BCUT2D eigenvalue weighted by molar-refractivity contribution is 6.23. The van der Waals surface area contributed by atoms with E-state index in [-0.39, 0.29) is 5.41 Å². The van der Waals surface area contributed by atoms with E-state index in [1.807, 2.05) is 6.07 Å². The van der Waals surface area contributed by atoms with Gasteiger partial charge in [-0.25, -0.2) is 0 Å². The fraction of sp³-hybridized carbons (Fsp3) is 0.100. The topological polar surface area (TPSA) is 33.9 Å². The lowest BCUT2D eigenvalue weighted by Crippen LogP contribution is -2.10. The first kappa shape index (κ1) is 24.3. The van der Waals surface area contributed by atoms with Crippen LogP contribution >= 0.6 is 0 Å². The lowest BCUT2D eigenvalue weighted by atomic mass is 9.86. The fourth-order valence-corrected chi connectivity index (χ4v) is 6.94. The standard InChI is InChI=1S/C40H30N2O/c1-40(2,3)25-18-16-24(17-19-25)32-22-26(23-33-29-12-6-9-15-36(29)43-39(32)33)42-35-14-8-5-11-28(35)31-21-20-30-27-10-4-7-13-34(27)41-37(30)38(31)42/h4-23,41H,1-3H3. The predicted molar refractivity (Wildman–Crippen MR) is 182 cm³/mol. The van der Waals surface area contributed by atoms with Crippen molar-refractivity contribution in [1.29, 1.82) is 0 Å². The highest BCUT2D eigenvalue weighted by Crippen LogP contribution is 2.42. The van der Waals surface area contributed by atoms with E-state index >= 15 is 0 Å². The van der Waals surface area contributed by atoms with Crippen molar-refractivity contribution in [2.45, 2.75) is 26.2 Å². The SMILES string of the molecule is CC(C)(C)c1ccc(-c2cc(-n3c4ccccc4c4ccc5c6ccccc6[nH]c5c43)cc3c2oc2ccccc23)cc1. The first-order chi connectivity index (χ1) is 21.0. The van der Waals surface area contributed by atoms with E-state index in [1.54, 1.807) is 0 Å². The number of nitrogens with one attached hydrogen (secondary N) is 1. The van der Waals surface area contributed by atoms with Crippen LogP contribution in [0.1, 0.15) is 26.3 Å². The number of hydrogen-bond acceptors (Lipinski definition) is 1. The number of para-hydroxylation sites is 3. The summed E-state index contributed by atoms with van der Waals surface area (Å²) < 4.78 is 9.02. The van der Waals surface area contributed by atoms with Gasteiger partial charge in [0.15, 0.2) is 0 Å². The molecular weight excluding hydrogens is 524 g/mol. The molecule has 9 rings (SSSR count). The van der Waals surface area contributed by atoms with Gasteiger partial charge in [0.2, 0.25) is 0 Å². The van der Waals surface area contributed by atoms with E-state index in [9.17, 15) is 0 Å². The molecule has 0 fully saturated rings. The molecule has 0 aliphatic heterocycles. The van der Waals surface area contributed by atoms with Gasteiger partial charge in [-0.1, -0.05) is 112 Å². The third-order valence-electron chi connectivity index (χ3n) is 9.10. The van der Waals surface area contributed by atoms with E-state index in [0.29, 0.717) is 0 Å². The van der Waals surface area contributed by atoms with Crippen molar-refractivity contribution in [3.8, 4) is 16.8 Å². The largest absolute Gasteiger partial charge is 0.455 e. The zero-order valence-corrected chi connectivity index (χ0v) is 24.4. The molecule has 6 aromatic carbocycles. The van der Waals surface area contributed by atoms with Crippen molar-refractivity contribution in [3.63, 3.8) is 0 Å². The Bertz CT molecular complexity index is 2530. The number of hydrogen-bond donors (Lipinski definition) is 1. The maximum absolute atomic E-state index is 6.58. The van der Waals surface area contributed by atoms with E-state index < -0.39 is 0 Å². The van der Waals surface area contributed by atoms with Gasteiger partial charge in [-0.05, 0) is 46.9 Å². The molecule has 0 amide bonds. The molecule has 0 saturated heterocycles. The summed E-state index contributed by atoms with van der Waals surface area (Å²) in [6.07, 6.45) is 0. The quantitative estimate of drug-likeness (QED) is 0.227. The molecule has 3 heteroatoms. The zero-order chi connectivity index (χ0) is 28.9. The van der Waals surface area contributed by atoms with Crippen LogP contribution in [0.2, 0.25) is 0 Å². The summed E-state index contributed by atoms with van der Waals surface area (Å²) in [6.45, 7) is 6.77. The van der Waals surface area contributed by atoms with Crippen LogP contribution in [0.4, 0.5) is 0 Å². The van der Waals surface area contributed by atoms with Gasteiger partial charge >= 0.3 is 0 Å². The molecule has 1 N–H and O–H groups in total. The third-order valence-corrected chi connectivity index (χ3v) is 9.10. The van der Waals surface area contributed by atoms with Crippen LogP contribution in [0, 0.1) is 0 Å². The molecule has 0 bridgehead atoms. The molecule has 0 spiro atoms. The molecule has 0 aliphatic rings. The number of nitrogens with zero attached hydrogens (tertiary/aromatic N) is 1. The van der Waals surface area contributed by atoms with Crippen molar-refractivity contribution in [2.75, 3.05) is 0 Å². The van der Waals surface area contributed by atoms with Crippen LogP contribution in [-0.2, 0) is 5.41 Å². The van der Waals surface area contributed by atoms with Crippen molar-refractivity contribution in [3.05, 3.63) is 127 Å². The summed E-state index contributed by atoms with van der Waals surface area (Å²) in [5.41, 5.74) is 11.3. The van der Waals surface area contributed by atoms with E-state index in [1.165, 1.54) is 38.1 Å². The Hall–Kier alpha value is -5.28. The molecule has 0 atom stereocenters. The number of benzene rings is 6. The summed E-state index contributed by atoms with van der Waals surface area (Å²) in [5.74, 6) is 0. The van der Waals surface area contributed by atoms with E-state index in [0.717, 1.165) is 49.8 Å². The molecule has 206 valence electrons. The molecule has 3 heterocycles. The van der Waals surface area contributed by atoms with Crippen molar-refractivity contribution < 1.29 is 4.42 Å². The van der Waals surface area contributed by atoms with Gasteiger partial charge in [-0.15, -0.1) is 0 Å². The van der Waals surface area contributed by atoms with Gasteiger partial charge in [0.1, 0.15) is 11.2 Å². The number of furan rings is 1. The highest BCUT2D eigenvalue weighted by Gasteiger charge is 2.21. The summed E-state index contributed by atoms with van der Waals surface area (Å²) >= 11 is 0. The number of rotatable bonds is 2. The second-order valence-electron chi connectivity index (χ2n) is 12.7. The van der Waals surface area contributed by atoms with Crippen molar-refractivity contribution in [1.82, 2.24) is 9.55 Å². The molecule has 0 aliphatic carbocycles. The van der Waals surface area contributed by atoms with Crippen LogP contribution in [0.25, 0.3) is 82.4 Å². The molecule has 3 nitrogen and oxygen atoms in total. The Morgan fingerprint density at radius 1 is 0.605 bits per heavy atom. The van der Waals surface area contributed by atoms with Gasteiger partial charge < -0.3 is 14.0 Å². The van der Waals surface area contributed by atoms with Crippen LogP contribution in [0.15, 0.2) is 126 Å². The number of H-pyrrole nitrogens is 1. The van der Waals surface area contributed by atoms with Crippen molar-refractivity contribution >= 4 is 65.6 Å². The number of fused-ring (bicyclic) bond motifs is 10. The summed E-state index contributed by atoms with van der Waals surface area (Å²) in [7, 11) is 0. The minimum absolute atomic E-state index is 0.0863. The van der Waals surface area contributed by atoms with Crippen LogP contribution in [0.5, 0.6) is 0 Å². The molecule has 0 radical (unpaired) electrons. The molecule has 9 aromatic rings. The number of aromatic nitrogens is 2. The van der Waals surface area contributed by atoms with Gasteiger partial charge in [0, 0.05) is 49.1 Å². The third kappa shape index (κ3) is 3.48. The number of aromatic amines is 1. The Balaban J connectivity index is 1.43. The van der Waals surface area contributed by atoms with Gasteiger partial charge in [0.05, 0.1) is 16.6 Å². The second kappa shape index (κ2) is 8.62. The molecule has 3 aromatic heterocycles. The second-order valence-corrected chi connectivity index (χ2v) is 12.7. The van der Waals surface area contributed by atoms with Crippen molar-refractivity contribution in [2.24, 2.45) is 0 Å². The highest BCUT2D eigenvalue weighted by atomic mass is 16.3. The average Bonchev–Trinajstić information content (AvgIpc) is 3.70. The van der Waals surface area contributed by atoms with E-state index in [4.69, 9.17) is 4.42 Å². The first-order valence-corrected chi connectivity index (χ1v) is 14.9. The smallest absolute Gasteiger partial charge is 0.143 e. The maximum Gasteiger partial charge on any atom is 0.143 e. The summed E-state index contributed by atoms with van der Waals surface area (Å²) in [6, 6.07) is 43.9. The average molecular weight is 555 g/mol. The van der Waals surface area contributed by atoms with Gasteiger partial charge in [-0.2, -0.15) is 0 Å². The van der Waals surface area contributed by atoms with Crippen LogP contribution < -0.4 is 0 Å². The Kier molecular flexibility index (Phi) is 4.88. The summed E-state index contributed by atoms with van der Waals surface area (Å²) in [5, 5.41) is 7.21. The normalized spacial score (nSPS) is 12.5. The predicted octanol–water partition coefficient (Wildman–Crippen LogP) is 11.3. The Morgan fingerprint density at radius 2 is 1.30 bits per heavy atom. The monoisotopic (exact) mass is 554 g/mol. The zero-order valence-electron chi connectivity index (χ0n) is 24.4. The summed E-state index contributed by atoms with van der Waals surface area (Å²) in [4.78, 5) is 3.78. The molecule has 0 saturated carbocycles. The minimum atomic E-state index is 0.0863. The van der Waals surface area contributed by atoms with E-state index in [2.05, 4.69) is 146 Å². The van der Waals surface area contributed by atoms with Crippen LogP contribution in [0.3, 0.4) is 0 Å². The first-order valence-electron chi connectivity index (χ1n) is 14.9. The molecular formula is C40H30N2O. The lowest BCUT2D eigenvalue weighted by Gasteiger charge is -2.19. The minimum Gasteiger partial charge on any atom is -0.455 e.